The molecular formula is C23H21N3OS. The first-order valence-corrected chi connectivity index (χ1v) is 10.0. The summed E-state index contributed by atoms with van der Waals surface area (Å²) in [6, 6.07) is 18.4. The van der Waals surface area contributed by atoms with Crippen LogP contribution in [0.5, 0.6) is 0 Å². The van der Waals surface area contributed by atoms with Gasteiger partial charge >= 0.3 is 0 Å². The Balaban J connectivity index is 1.49. The number of imidazole rings is 1. The van der Waals surface area contributed by atoms with Gasteiger partial charge in [0.05, 0.1) is 11.2 Å². The molecule has 28 heavy (non-hydrogen) atoms. The van der Waals surface area contributed by atoms with Gasteiger partial charge in [0.1, 0.15) is 0 Å². The molecule has 4 aromatic rings. The summed E-state index contributed by atoms with van der Waals surface area (Å²) in [5.74, 6) is -0.0389. The molecular weight excluding hydrogens is 366 g/mol. The number of thiophene rings is 1. The third-order valence-corrected chi connectivity index (χ3v) is 5.62. The second-order valence-corrected chi connectivity index (χ2v) is 7.63. The summed E-state index contributed by atoms with van der Waals surface area (Å²) in [4.78, 5) is 17.7. The van der Waals surface area contributed by atoms with Crippen molar-refractivity contribution in [3.05, 3.63) is 100 Å². The number of hydrogen-bond acceptors (Lipinski definition) is 3. The maximum Gasteiger partial charge on any atom is 0.262 e. The first kappa shape index (κ1) is 18.2. The van der Waals surface area contributed by atoms with Crippen LogP contribution in [0.25, 0.3) is 11.1 Å². The van der Waals surface area contributed by atoms with Gasteiger partial charge in [-0.05, 0) is 35.1 Å². The van der Waals surface area contributed by atoms with Crippen molar-refractivity contribution >= 4 is 17.2 Å². The molecule has 0 fully saturated rings. The lowest BCUT2D eigenvalue weighted by molar-refractivity contribution is 0.0955. The molecule has 0 atom stereocenters. The molecule has 0 saturated heterocycles. The van der Waals surface area contributed by atoms with E-state index in [1.54, 1.807) is 12.5 Å². The molecule has 140 valence electrons. The van der Waals surface area contributed by atoms with Crippen LogP contribution in [0.2, 0.25) is 0 Å². The predicted octanol–water partition coefficient (Wildman–Crippen LogP) is 4.90. The van der Waals surface area contributed by atoms with Crippen molar-refractivity contribution in [2.45, 2.75) is 20.0 Å². The third-order valence-electron chi connectivity index (χ3n) is 4.70. The number of carbonyl (C=O) groups is 1. The maximum absolute atomic E-state index is 12.9. The molecule has 4 nitrogen and oxygen atoms in total. The van der Waals surface area contributed by atoms with E-state index >= 15 is 0 Å². The number of nitrogens with zero attached hydrogens (tertiary/aromatic N) is 2. The lowest BCUT2D eigenvalue weighted by Crippen LogP contribution is -2.23. The van der Waals surface area contributed by atoms with E-state index < -0.39 is 0 Å². The van der Waals surface area contributed by atoms with E-state index in [0.29, 0.717) is 6.54 Å². The van der Waals surface area contributed by atoms with Crippen molar-refractivity contribution in [2.24, 2.45) is 0 Å². The number of nitrogens with one attached hydrogen (secondary N) is 1. The largest absolute Gasteiger partial charge is 0.347 e. The molecule has 0 unspecified atom stereocenters. The van der Waals surface area contributed by atoms with Crippen LogP contribution in [-0.4, -0.2) is 15.5 Å². The predicted molar refractivity (Wildman–Crippen MR) is 113 cm³/mol. The zero-order valence-corrected chi connectivity index (χ0v) is 16.4. The first-order valence-electron chi connectivity index (χ1n) is 9.16. The molecule has 2 heterocycles. The van der Waals surface area contributed by atoms with Crippen molar-refractivity contribution in [2.75, 3.05) is 0 Å². The van der Waals surface area contributed by atoms with Crippen molar-refractivity contribution in [3.8, 4) is 11.1 Å². The highest BCUT2D eigenvalue weighted by molar-refractivity contribution is 7.12. The van der Waals surface area contributed by atoms with Crippen LogP contribution in [0.4, 0.5) is 0 Å². The summed E-state index contributed by atoms with van der Waals surface area (Å²) < 4.78 is 2.02. The Bertz CT molecular complexity index is 1070. The third kappa shape index (κ3) is 4.05. The minimum atomic E-state index is -0.0389. The standard InChI is InChI=1S/C23H21N3OS/c1-17-6-8-18(9-7-17)21-10-13-28-22(21)23(27)25-14-19-4-2-3-5-20(19)15-26-12-11-24-16-26/h2-13,16H,14-15H2,1H3,(H,25,27). The second-order valence-electron chi connectivity index (χ2n) is 6.72. The Morgan fingerprint density at radius 3 is 2.61 bits per heavy atom. The van der Waals surface area contributed by atoms with Crippen LogP contribution in [0.15, 0.2) is 78.7 Å². The topological polar surface area (TPSA) is 46.9 Å². The molecule has 0 aliphatic heterocycles. The molecule has 0 bridgehead atoms. The van der Waals surface area contributed by atoms with Crippen LogP contribution < -0.4 is 5.32 Å². The quantitative estimate of drug-likeness (QED) is 0.512. The summed E-state index contributed by atoms with van der Waals surface area (Å²) >= 11 is 1.48. The van der Waals surface area contributed by atoms with E-state index in [2.05, 4.69) is 53.6 Å². The smallest absolute Gasteiger partial charge is 0.262 e. The van der Waals surface area contributed by atoms with Crippen LogP contribution in [-0.2, 0) is 13.1 Å². The zero-order chi connectivity index (χ0) is 19.3. The summed E-state index contributed by atoms with van der Waals surface area (Å²) in [5, 5.41) is 5.06. The molecule has 0 aliphatic rings. The van der Waals surface area contributed by atoms with Gasteiger partial charge in [-0.3, -0.25) is 4.79 Å². The van der Waals surface area contributed by atoms with Crippen molar-refractivity contribution in [1.82, 2.24) is 14.9 Å². The maximum atomic E-state index is 12.9. The molecule has 0 spiro atoms. The number of aromatic nitrogens is 2. The van der Waals surface area contributed by atoms with Gasteiger partial charge in [-0.25, -0.2) is 4.98 Å². The molecule has 1 amide bonds. The number of hydrogen-bond donors (Lipinski definition) is 1. The van der Waals surface area contributed by atoms with Gasteiger partial charge in [0.2, 0.25) is 0 Å². The molecule has 1 N–H and O–H groups in total. The lowest BCUT2D eigenvalue weighted by Gasteiger charge is -2.12. The molecule has 2 aromatic carbocycles. The van der Waals surface area contributed by atoms with E-state index in [4.69, 9.17) is 0 Å². The Hall–Kier alpha value is -3.18. The van der Waals surface area contributed by atoms with Gasteiger partial charge in [0.25, 0.3) is 5.91 Å². The van der Waals surface area contributed by atoms with Gasteiger partial charge in [0, 0.05) is 31.0 Å². The van der Waals surface area contributed by atoms with E-state index in [1.807, 2.05) is 34.3 Å². The number of rotatable bonds is 6. The Morgan fingerprint density at radius 1 is 1.07 bits per heavy atom. The zero-order valence-electron chi connectivity index (χ0n) is 15.6. The number of amides is 1. The second kappa shape index (κ2) is 8.23. The molecule has 4 rings (SSSR count). The molecule has 0 saturated carbocycles. The fraction of sp³-hybridized carbons (Fsp3) is 0.130. The lowest BCUT2D eigenvalue weighted by atomic mass is 10.0. The summed E-state index contributed by atoms with van der Waals surface area (Å²) in [6.07, 6.45) is 5.51. The minimum absolute atomic E-state index is 0.0389. The fourth-order valence-corrected chi connectivity index (χ4v) is 3.99. The molecule has 0 radical (unpaired) electrons. The summed E-state index contributed by atoms with van der Waals surface area (Å²) in [7, 11) is 0. The number of carbonyl (C=O) groups excluding carboxylic acids is 1. The van der Waals surface area contributed by atoms with Crippen molar-refractivity contribution in [1.29, 1.82) is 0 Å². The summed E-state index contributed by atoms with van der Waals surface area (Å²) in [6.45, 7) is 3.29. The highest BCUT2D eigenvalue weighted by Gasteiger charge is 2.15. The SMILES string of the molecule is Cc1ccc(-c2ccsc2C(=O)NCc2ccccc2Cn2ccnc2)cc1. The highest BCUT2D eigenvalue weighted by Crippen LogP contribution is 2.28. The fourth-order valence-electron chi connectivity index (χ4n) is 3.16. The normalized spacial score (nSPS) is 10.8. The van der Waals surface area contributed by atoms with Crippen LogP contribution in [0.3, 0.4) is 0 Å². The highest BCUT2D eigenvalue weighted by atomic mass is 32.1. The van der Waals surface area contributed by atoms with Gasteiger partial charge < -0.3 is 9.88 Å². The molecule has 2 aromatic heterocycles. The average Bonchev–Trinajstić information content (AvgIpc) is 3.40. The van der Waals surface area contributed by atoms with Gasteiger partial charge in [0.15, 0.2) is 0 Å². The first-order chi connectivity index (χ1) is 13.7. The average molecular weight is 388 g/mol. The monoisotopic (exact) mass is 387 g/mol. The molecule has 5 heteroatoms. The number of benzene rings is 2. The van der Waals surface area contributed by atoms with E-state index in [0.717, 1.165) is 28.1 Å². The van der Waals surface area contributed by atoms with Crippen LogP contribution >= 0.6 is 11.3 Å². The Morgan fingerprint density at radius 2 is 1.86 bits per heavy atom. The van der Waals surface area contributed by atoms with E-state index in [1.165, 1.54) is 22.5 Å². The van der Waals surface area contributed by atoms with E-state index in [-0.39, 0.29) is 5.91 Å². The minimum Gasteiger partial charge on any atom is -0.347 e. The van der Waals surface area contributed by atoms with Crippen LogP contribution in [0, 0.1) is 6.92 Å². The Labute approximate surface area is 168 Å². The Kier molecular flexibility index (Phi) is 5.35. The van der Waals surface area contributed by atoms with Crippen LogP contribution in [0.1, 0.15) is 26.4 Å². The van der Waals surface area contributed by atoms with Crippen molar-refractivity contribution in [3.63, 3.8) is 0 Å². The molecule has 0 aliphatic carbocycles. The number of aryl methyl sites for hydroxylation is 1. The summed E-state index contributed by atoms with van der Waals surface area (Å²) in [5.41, 5.74) is 5.54. The van der Waals surface area contributed by atoms with E-state index in [9.17, 15) is 4.79 Å². The van der Waals surface area contributed by atoms with Gasteiger partial charge in [-0.2, -0.15) is 0 Å². The van der Waals surface area contributed by atoms with Crippen molar-refractivity contribution < 1.29 is 4.79 Å². The van der Waals surface area contributed by atoms with Gasteiger partial charge in [-0.15, -0.1) is 11.3 Å². The van der Waals surface area contributed by atoms with Gasteiger partial charge in [-0.1, -0.05) is 54.1 Å².